The van der Waals surface area contributed by atoms with Gasteiger partial charge in [0.2, 0.25) is 11.8 Å². The van der Waals surface area contributed by atoms with Crippen LogP contribution in [-0.4, -0.2) is 95.9 Å². The highest BCUT2D eigenvalue weighted by molar-refractivity contribution is 5.96. The summed E-state index contributed by atoms with van der Waals surface area (Å²) in [6, 6.07) is 10.0. The predicted octanol–water partition coefficient (Wildman–Crippen LogP) is 1.02. The number of para-hydroxylation sites is 1. The van der Waals surface area contributed by atoms with E-state index < -0.39 is 30.5 Å². The summed E-state index contributed by atoms with van der Waals surface area (Å²) in [6.45, 7) is 0.681. The quantitative estimate of drug-likeness (QED) is 0.622. The maximum atomic E-state index is 13.8. The zero-order chi connectivity index (χ0) is 25.8. The third kappa shape index (κ3) is 4.35. The lowest BCUT2D eigenvalue weighted by molar-refractivity contribution is -0.167. The number of hydrogen-bond donors (Lipinski definition) is 2. The van der Waals surface area contributed by atoms with E-state index in [0.717, 1.165) is 36.4 Å². The summed E-state index contributed by atoms with van der Waals surface area (Å²) < 4.78 is 26.6. The average molecular weight is 517 g/mol. The standard InChI is InChI=1S/C26H34F2N6O3/c27-26(28)15-33(16-26)22(35)14-32-17-34(20-4-2-1-3-5-20)25(24(32)37)8-10-31(11-9-25)23(36)18-6-7-21-19(12-18)13-29-30-21/h1-5,18-19,21,29-30H,6-17H2. The Morgan fingerprint density at radius 2 is 1.76 bits per heavy atom. The number of rotatable bonds is 4. The number of carbonyl (C=O) groups excluding carboxylic acids is 3. The Morgan fingerprint density at radius 3 is 2.46 bits per heavy atom. The number of hydrogen-bond acceptors (Lipinski definition) is 6. The Balaban J connectivity index is 1.15. The molecule has 9 nitrogen and oxygen atoms in total. The number of alkyl halides is 2. The zero-order valence-corrected chi connectivity index (χ0v) is 20.9. The van der Waals surface area contributed by atoms with E-state index in [1.807, 2.05) is 40.1 Å². The largest absolute Gasteiger partial charge is 0.342 e. The van der Waals surface area contributed by atoms with Crippen LogP contribution >= 0.6 is 0 Å². The molecule has 3 amide bonds. The highest BCUT2D eigenvalue weighted by atomic mass is 19.3. The van der Waals surface area contributed by atoms with Gasteiger partial charge < -0.3 is 19.6 Å². The molecule has 1 aromatic carbocycles. The second kappa shape index (κ2) is 9.20. The number of anilines is 1. The van der Waals surface area contributed by atoms with Crippen molar-refractivity contribution in [1.82, 2.24) is 25.6 Å². The molecule has 37 heavy (non-hydrogen) atoms. The summed E-state index contributed by atoms with van der Waals surface area (Å²) in [5, 5.41) is 0. The van der Waals surface area contributed by atoms with Crippen LogP contribution in [-0.2, 0) is 14.4 Å². The van der Waals surface area contributed by atoms with Gasteiger partial charge in [-0.25, -0.2) is 8.78 Å². The fourth-order valence-corrected chi connectivity index (χ4v) is 6.85. The molecule has 5 fully saturated rings. The van der Waals surface area contributed by atoms with Crippen LogP contribution in [0.3, 0.4) is 0 Å². The fourth-order valence-electron chi connectivity index (χ4n) is 6.85. The first-order valence-electron chi connectivity index (χ1n) is 13.3. The van der Waals surface area contributed by atoms with Crippen molar-refractivity contribution in [1.29, 1.82) is 0 Å². The SMILES string of the molecule is O=C(CN1CN(c2ccccc2)C2(CCN(C(=O)C3CCC4NNCC4C3)CC2)C1=O)N1CC(F)(F)C1. The molecule has 0 radical (unpaired) electrons. The molecule has 1 saturated carbocycles. The van der Waals surface area contributed by atoms with Crippen molar-refractivity contribution in [3.8, 4) is 0 Å². The molecule has 3 unspecified atom stereocenters. The van der Waals surface area contributed by atoms with Gasteiger partial charge in [-0.15, -0.1) is 0 Å². The Bertz CT molecular complexity index is 1060. The maximum Gasteiger partial charge on any atom is 0.282 e. The highest BCUT2D eigenvalue weighted by Crippen LogP contribution is 2.41. The molecular weight excluding hydrogens is 482 g/mol. The minimum Gasteiger partial charge on any atom is -0.342 e. The van der Waals surface area contributed by atoms with Gasteiger partial charge in [0.1, 0.15) is 12.1 Å². The summed E-state index contributed by atoms with van der Waals surface area (Å²) in [7, 11) is 0. The Labute approximate surface area is 215 Å². The van der Waals surface area contributed by atoms with Crippen molar-refractivity contribution in [3.63, 3.8) is 0 Å². The summed E-state index contributed by atoms with van der Waals surface area (Å²) in [4.78, 5) is 46.4. The zero-order valence-electron chi connectivity index (χ0n) is 20.9. The molecule has 3 atom stereocenters. The van der Waals surface area contributed by atoms with Crippen LogP contribution in [0.4, 0.5) is 14.5 Å². The van der Waals surface area contributed by atoms with E-state index in [-0.39, 0.29) is 30.9 Å². The van der Waals surface area contributed by atoms with Crippen molar-refractivity contribution in [3.05, 3.63) is 30.3 Å². The van der Waals surface area contributed by atoms with E-state index in [1.165, 1.54) is 4.90 Å². The first kappa shape index (κ1) is 24.5. The van der Waals surface area contributed by atoms with E-state index >= 15 is 0 Å². The molecule has 1 aliphatic carbocycles. The third-order valence-corrected chi connectivity index (χ3v) is 8.99. The molecule has 5 aliphatic rings. The number of fused-ring (bicyclic) bond motifs is 1. The van der Waals surface area contributed by atoms with Crippen molar-refractivity contribution in [2.24, 2.45) is 11.8 Å². The molecule has 4 saturated heterocycles. The summed E-state index contributed by atoms with van der Waals surface area (Å²) in [6.07, 6.45) is 3.68. The van der Waals surface area contributed by atoms with Gasteiger partial charge in [0, 0.05) is 37.3 Å². The molecule has 0 aromatic heterocycles. The van der Waals surface area contributed by atoms with Crippen molar-refractivity contribution < 1.29 is 23.2 Å². The van der Waals surface area contributed by atoms with E-state index in [4.69, 9.17) is 0 Å². The van der Waals surface area contributed by atoms with Crippen LogP contribution in [0, 0.1) is 11.8 Å². The number of hydrazine groups is 1. The molecule has 2 N–H and O–H groups in total. The molecule has 0 bridgehead atoms. The molecular formula is C26H34F2N6O3. The van der Waals surface area contributed by atoms with Gasteiger partial charge in [-0.2, -0.15) is 0 Å². The van der Waals surface area contributed by atoms with E-state index in [0.29, 0.717) is 37.9 Å². The summed E-state index contributed by atoms with van der Waals surface area (Å²) in [5.74, 6) is -2.78. The topological polar surface area (TPSA) is 88.2 Å². The number of nitrogens with zero attached hydrogens (tertiary/aromatic N) is 4. The number of halogens is 2. The molecule has 1 spiro atoms. The summed E-state index contributed by atoms with van der Waals surface area (Å²) in [5.41, 5.74) is 6.54. The Morgan fingerprint density at radius 1 is 1.03 bits per heavy atom. The van der Waals surface area contributed by atoms with Gasteiger partial charge in [0.05, 0.1) is 19.8 Å². The monoisotopic (exact) mass is 516 g/mol. The van der Waals surface area contributed by atoms with E-state index in [9.17, 15) is 23.2 Å². The molecule has 4 heterocycles. The highest BCUT2D eigenvalue weighted by Gasteiger charge is 2.55. The van der Waals surface area contributed by atoms with E-state index in [1.54, 1.807) is 0 Å². The summed E-state index contributed by atoms with van der Waals surface area (Å²) >= 11 is 0. The van der Waals surface area contributed by atoms with Crippen LogP contribution in [0.25, 0.3) is 0 Å². The lowest BCUT2D eigenvalue weighted by Crippen LogP contribution is -2.60. The number of carbonyl (C=O) groups is 3. The predicted molar refractivity (Wildman–Crippen MR) is 131 cm³/mol. The normalized spacial score (nSPS) is 30.4. The number of nitrogens with one attached hydrogen (secondary N) is 2. The smallest absolute Gasteiger partial charge is 0.282 e. The average Bonchev–Trinajstić information content (AvgIpc) is 3.46. The second-order valence-corrected chi connectivity index (χ2v) is 11.3. The van der Waals surface area contributed by atoms with Crippen molar-refractivity contribution in [2.45, 2.75) is 49.6 Å². The first-order chi connectivity index (χ1) is 17.8. The molecule has 4 aliphatic heterocycles. The number of piperidine rings is 1. The van der Waals surface area contributed by atoms with Crippen LogP contribution < -0.4 is 15.8 Å². The van der Waals surface area contributed by atoms with Gasteiger partial charge >= 0.3 is 0 Å². The fraction of sp³-hybridized carbons (Fsp3) is 0.654. The van der Waals surface area contributed by atoms with Crippen LogP contribution in [0.1, 0.15) is 32.1 Å². The third-order valence-electron chi connectivity index (χ3n) is 8.99. The maximum absolute atomic E-state index is 13.8. The second-order valence-electron chi connectivity index (χ2n) is 11.3. The van der Waals surface area contributed by atoms with E-state index in [2.05, 4.69) is 10.9 Å². The first-order valence-corrected chi connectivity index (χ1v) is 13.3. The van der Waals surface area contributed by atoms with Gasteiger partial charge in [0.15, 0.2) is 0 Å². The number of likely N-dealkylation sites (tertiary alicyclic amines) is 2. The Kier molecular flexibility index (Phi) is 6.10. The van der Waals surface area contributed by atoms with Crippen LogP contribution in [0.15, 0.2) is 30.3 Å². The van der Waals surface area contributed by atoms with Crippen LogP contribution in [0.2, 0.25) is 0 Å². The van der Waals surface area contributed by atoms with Crippen molar-refractivity contribution >= 4 is 23.4 Å². The minimum atomic E-state index is -2.84. The van der Waals surface area contributed by atoms with Gasteiger partial charge in [-0.05, 0) is 50.2 Å². The molecule has 11 heteroatoms. The van der Waals surface area contributed by atoms with Gasteiger partial charge in [-0.1, -0.05) is 18.2 Å². The van der Waals surface area contributed by atoms with Crippen LogP contribution in [0.5, 0.6) is 0 Å². The Hall–Kier alpha value is -2.79. The molecule has 6 rings (SSSR count). The lowest BCUT2D eigenvalue weighted by Gasteiger charge is -2.44. The minimum absolute atomic E-state index is 0.0188. The van der Waals surface area contributed by atoms with Gasteiger partial charge in [0.25, 0.3) is 11.8 Å². The molecule has 1 aromatic rings. The lowest BCUT2D eigenvalue weighted by atomic mass is 9.77. The van der Waals surface area contributed by atoms with Gasteiger partial charge in [-0.3, -0.25) is 25.2 Å². The molecule has 200 valence electrons. The number of benzene rings is 1. The number of amides is 3. The van der Waals surface area contributed by atoms with Crippen molar-refractivity contribution in [2.75, 3.05) is 50.8 Å².